The van der Waals surface area contributed by atoms with Gasteiger partial charge in [-0.15, -0.1) is 0 Å². The molecular formula is C21H33NO4. The number of benzene rings is 1. The summed E-state index contributed by atoms with van der Waals surface area (Å²) < 4.78 is 17.4. The van der Waals surface area contributed by atoms with Crippen molar-refractivity contribution in [1.29, 1.82) is 0 Å². The third-order valence-corrected chi connectivity index (χ3v) is 3.79. The predicted octanol–water partition coefficient (Wildman–Crippen LogP) is 4.84. The van der Waals surface area contributed by atoms with Gasteiger partial charge in [0.25, 0.3) is 0 Å². The van der Waals surface area contributed by atoms with Crippen molar-refractivity contribution in [2.45, 2.75) is 53.6 Å². The summed E-state index contributed by atoms with van der Waals surface area (Å²) >= 11 is 0. The molecule has 26 heavy (non-hydrogen) atoms. The molecule has 0 bridgehead atoms. The first-order chi connectivity index (χ1) is 12.5. The zero-order valence-corrected chi connectivity index (χ0v) is 17.0. The van der Waals surface area contributed by atoms with Gasteiger partial charge in [-0.3, -0.25) is 0 Å². The van der Waals surface area contributed by atoms with Gasteiger partial charge in [0.2, 0.25) is 0 Å². The van der Waals surface area contributed by atoms with E-state index < -0.39 is 0 Å². The highest BCUT2D eigenvalue weighted by Crippen LogP contribution is 2.29. The largest absolute Gasteiger partial charge is 0.490 e. The second kappa shape index (κ2) is 12.4. The number of oxime groups is 1. The van der Waals surface area contributed by atoms with Gasteiger partial charge in [0.15, 0.2) is 0 Å². The van der Waals surface area contributed by atoms with Crippen LogP contribution in [0.3, 0.4) is 0 Å². The van der Waals surface area contributed by atoms with E-state index in [1.54, 1.807) is 0 Å². The molecule has 0 saturated heterocycles. The molecule has 0 aliphatic rings. The molecule has 0 aliphatic carbocycles. The van der Waals surface area contributed by atoms with Crippen LogP contribution in [-0.2, 0) is 9.57 Å². The molecule has 0 fully saturated rings. The highest BCUT2D eigenvalue weighted by atomic mass is 16.6. The molecule has 0 amide bonds. The number of hydrogen-bond acceptors (Lipinski definition) is 5. The Morgan fingerprint density at radius 2 is 1.92 bits per heavy atom. The SMILES string of the molecule is C/C=C/COc1cc(C)c(OC(C)CCCOC/C(C)=N/OC)c(C)c1. The summed E-state index contributed by atoms with van der Waals surface area (Å²) in [7, 11) is 1.54. The molecule has 0 spiro atoms. The molecule has 0 aromatic heterocycles. The van der Waals surface area contributed by atoms with Crippen molar-refractivity contribution < 1.29 is 19.0 Å². The third-order valence-electron chi connectivity index (χ3n) is 3.79. The van der Waals surface area contributed by atoms with E-state index in [0.29, 0.717) is 19.8 Å². The molecule has 1 aromatic carbocycles. The fraction of sp³-hybridized carbons (Fsp3) is 0.571. The van der Waals surface area contributed by atoms with Crippen LogP contribution in [0.5, 0.6) is 11.5 Å². The smallest absolute Gasteiger partial charge is 0.125 e. The Labute approximate surface area is 158 Å². The fourth-order valence-electron chi connectivity index (χ4n) is 2.56. The van der Waals surface area contributed by atoms with Gasteiger partial charge >= 0.3 is 0 Å². The average molecular weight is 363 g/mol. The molecule has 0 N–H and O–H groups in total. The molecule has 1 aromatic rings. The Balaban J connectivity index is 2.43. The van der Waals surface area contributed by atoms with Crippen molar-refractivity contribution in [3.05, 3.63) is 35.4 Å². The van der Waals surface area contributed by atoms with Gasteiger partial charge in [-0.2, -0.15) is 0 Å². The lowest BCUT2D eigenvalue weighted by atomic mass is 10.1. The molecule has 1 unspecified atom stereocenters. The van der Waals surface area contributed by atoms with E-state index in [4.69, 9.17) is 19.0 Å². The predicted molar refractivity (Wildman–Crippen MR) is 106 cm³/mol. The van der Waals surface area contributed by atoms with Crippen molar-refractivity contribution in [3.8, 4) is 11.5 Å². The lowest BCUT2D eigenvalue weighted by molar-refractivity contribution is 0.139. The Bertz CT molecular complexity index is 573. The first-order valence-electron chi connectivity index (χ1n) is 9.14. The number of aryl methyl sites for hydroxylation is 2. The van der Waals surface area contributed by atoms with Crippen LogP contribution in [0.4, 0.5) is 0 Å². The molecule has 0 heterocycles. The zero-order valence-electron chi connectivity index (χ0n) is 17.0. The van der Waals surface area contributed by atoms with E-state index in [1.807, 2.05) is 38.1 Å². The maximum atomic E-state index is 6.15. The van der Waals surface area contributed by atoms with E-state index in [-0.39, 0.29) is 6.10 Å². The van der Waals surface area contributed by atoms with Gasteiger partial charge in [-0.05, 0) is 70.7 Å². The minimum atomic E-state index is 0.125. The Morgan fingerprint density at radius 3 is 2.54 bits per heavy atom. The van der Waals surface area contributed by atoms with Gasteiger partial charge in [0, 0.05) is 6.61 Å². The highest BCUT2D eigenvalue weighted by Gasteiger charge is 2.11. The van der Waals surface area contributed by atoms with E-state index >= 15 is 0 Å². The molecule has 146 valence electrons. The molecule has 1 atom stereocenters. The Morgan fingerprint density at radius 1 is 1.23 bits per heavy atom. The highest BCUT2D eigenvalue weighted by molar-refractivity contribution is 5.82. The van der Waals surface area contributed by atoms with Crippen LogP contribution in [0.15, 0.2) is 29.4 Å². The van der Waals surface area contributed by atoms with Gasteiger partial charge in [-0.25, -0.2) is 0 Å². The number of nitrogens with zero attached hydrogens (tertiary/aromatic N) is 1. The number of allylic oxidation sites excluding steroid dienone is 1. The summed E-state index contributed by atoms with van der Waals surface area (Å²) in [6.45, 7) is 11.8. The topological polar surface area (TPSA) is 49.3 Å². The van der Waals surface area contributed by atoms with Crippen molar-refractivity contribution in [3.63, 3.8) is 0 Å². The molecule has 0 aliphatic heterocycles. The first-order valence-corrected chi connectivity index (χ1v) is 9.14. The monoisotopic (exact) mass is 363 g/mol. The Hall–Kier alpha value is -2.01. The second-order valence-corrected chi connectivity index (χ2v) is 6.40. The van der Waals surface area contributed by atoms with Crippen LogP contribution in [0.25, 0.3) is 0 Å². The van der Waals surface area contributed by atoms with E-state index in [2.05, 4.69) is 25.9 Å². The van der Waals surface area contributed by atoms with Crippen molar-refractivity contribution in [2.75, 3.05) is 26.9 Å². The van der Waals surface area contributed by atoms with Crippen LogP contribution in [0.2, 0.25) is 0 Å². The average Bonchev–Trinajstić information content (AvgIpc) is 2.58. The quantitative estimate of drug-likeness (QED) is 0.231. The zero-order chi connectivity index (χ0) is 19.4. The molecule has 0 radical (unpaired) electrons. The van der Waals surface area contributed by atoms with Crippen LogP contribution in [-0.4, -0.2) is 38.7 Å². The van der Waals surface area contributed by atoms with Gasteiger partial charge in [0.1, 0.15) is 25.2 Å². The molecule has 1 rings (SSSR count). The summed E-state index contributed by atoms with van der Waals surface area (Å²) in [6, 6.07) is 4.05. The lowest BCUT2D eigenvalue weighted by Gasteiger charge is -2.19. The summed E-state index contributed by atoms with van der Waals surface area (Å²) in [6.07, 6.45) is 5.96. The van der Waals surface area contributed by atoms with E-state index in [0.717, 1.165) is 41.2 Å². The molecule has 0 saturated carbocycles. The first kappa shape index (κ1) is 22.0. The van der Waals surface area contributed by atoms with E-state index in [1.165, 1.54) is 7.11 Å². The van der Waals surface area contributed by atoms with Gasteiger partial charge in [0.05, 0.1) is 18.4 Å². The van der Waals surface area contributed by atoms with Crippen LogP contribution in [0.1, 0.15) is 44.7 Å². The van der Waals surface area contributed by atoms with Gasteiger partial charge in [-0.1, -0.05) is 17.3 Å². The van der Waals surface area contributed by atoms with Gasteiger partial charge < -0.3 is 19.0 Å². The molecule has 5 nitrogen and oxygen atoms in total. The van der Waals surface area contributed by atoms with Crippen molar-refractivity contribution >= 4 is 5.71 Å². The fourth-order valence-corrected chi connectivity index (χ4v) is 2.56. The van der Waals surface area contributed by atoms with E-state index in [9.17, 15) is 0 Å². The maximum Gasteiger partial charge on any atom is 0.125 e. The number of rotatable bonds is 12. The maximum absolute atomic E-state index is 6.15. The normalized spacial score (nSPS) is 13.1. The van der Waals surface area contributed by atoms with Crippen molar-refractivity contribution in [2.24, 2.45) is 5.16 Å². The summed E-state index contributed by atoms with van der Waals surface area (Å²) in [4.78, 5) is 4.70. The summed E-state index contributed by atoms with van der Waals surface area (Å²) in [5, 5.41) is 3.82. The number of ether oxygens (including phenoxy) is 3. The second-order valence-electron chi connectivity index (χ2n) is 6.40. The summed E-state index contributed by atoms with van der Waals surface area (Å²) in [5.74, 6) is 1.82. The number of hydrogen-bond donors (Lipinski definition) is 0. The third kappa shape index (κ3) is 8.39. The van der Waals surface area contributed by atoms with Crippen LogP contribution < -0.4 is 9.47 Å². The minimum absolute atomic E-state index is 0.125. The van der Waals surface area contributed by atoms with Crippen LogP contribution in [0, 0.1) is 13.8 Å². The molecular weight excluding hydrogens is 330 g/mol. The molecule has 5 heteroatoms. The van der Waals surface area contributed by atoms with Crippen LogP contribution >= 0.6 is 0 Å². The van der Waals surface area contributed by atoms with Crippen molar-refractivity contribution in [1.82, 2.24) is 0 Å². The Kier molecular flexibility index (Phi) is 10.5. The standard InChI is InChI=1S/C21H33NO4/c1-7-8-12-25-20-13-16(2)21(17(3)14-20)26-19(5)10-9-11-24-15-18(4)22-23-6/h7-8,13-14,19H,9-12,15H2,1-6H3/b8-7+,22-18+. The summed E-state index contributed by atoms with van der Waals surface area (Å²) in [5.41, 5.74) is 3.02. The minimum Gasteiger partial charge on any atom is -0.490 e. The lowest BCUT2D eigenvalue weighted by Crippen LogP contribution is -2.15.